The van der Waals surface area contributed by atoms with Gasteiger partial charge in [0.25, 0.3) is 6.43 Å². The van der Waals surface area contributed by atoms with Crippen molar-refractivity contribution in [3.63, 3.8) is 0 Å². The summed E-state index contributed by atoms with van der Waals surface area (Å²) in [7, 11) is 0. The fraction of sp³-hybridized carbons (Fsp3) is 0.500. The summed E-state index contributed by atoms with van der Waals surface area (Å²) in [5.74, 6) is 0. The molecule has 2 nitrogen and oxygen atoms in total. The van der Waals surface area contributed by atoms with Crippen molar-refractivity contribution in [2.45, 2.75) is 25.9 Å². The zero-order chi connectivity index (χ0) is 12.0. The van der Waals surface area contributed by atoms with Crippen molar-refractivity contribution in [1.82, 2.24) is 0 Å². The van der Waals surface area contributed by atoms with Crippen LogP contribution in [0.1, 0.15) is 23.7 Å². The van der Waals surface area contributed by atoms with Crippen LogP contribution in [0.25, 0.3) is 0 Å². The van der Waals surface area contributed by atoms with Crippen LogP contribution in [0.5, 0.6) is 0 Å². The van der Waals surface area contributed by atoms with Crippen LogP contribution in [0, 0.1) is 6.92 Å². The van der Waals surface area contributed by atoms with E-state index in [1.807, 2.05) is 31.2 Å². The van der Waals surface area contributed by atoms with E-state index in [0.717, 1.165) is 11.1 Å². The van der Waals surface area contributed by atoms with E-state index < -0.39 is 19.1 Å². The summed E-state index contributed by atoms with van der Waals surface area (Å²) in [6.07, 6.45) is -2.77. The Morgan fingerprint density at radius 3 is 2.75 bits per heavy atom. The highest BCUT2D eigenvalue weighted by atomic mass is 19.3. The molecule has 0 saturated carbocycles. The monoisotopic (exact) mass is 230 g/mol. The zero-order valence-electron chi connectivity index (χ0n) is 9.20. The van der Waals surface area contributed by atoms with Crippen molar-refractivity contribution in [2.24, 2.45) is 0 Å². The summed E-state index contributed by atoms with van der Waals surface area (Å²) in [5, 5.41) is 9.74. The standard InChI is InChI=1S/C12H16F2O2/c1-9-3-2-4-10(7-9)11(15)5-6-16-8-12(13)14/h2-4,7,11-12,15H,5-6,8H2,1H3. The average Bonchev–Trinajstić information content (AvgIpc) is 2.24. The number of halogens is 2. The lowest BCUT2D eigenvalue weighted by molar-refractivity contribution is 0.00481. The van der Waals surface area contributed by atoms with Crippen LogP contribution in [-0.4, -0.2) is 24.7 Å². The summed E-state index contributed by atoms with van der Waals surface area (Å²) in [5.41, 5.74) is 1.85. The third-order valence-electron chi connectivity index (χ3n) is 2.21. The van der Waals surface area contributed by atoms with E-state index in [2.05, 4.69) is 0 Å². The topological polar surface area (TPSA) is 29.5 Å². The van der Waals surface area contributed by atoms with Gasteiger partial charge in [-0.05, 0) is 12.5 Å². The van der Waals surface area contributed by atoms with Crippen LogP contribution < -0.4 is 0 Å². The van der Waals surface area contributed by atoms with Crippen LogP contribution in [0.15, 0.2) is 24.3 Å². The van der Waals surface area contributed by atoms with E-state index in [4.69, 9.17) is 4.74 Å². The van der Waals surface area contributed by atoms with E-state index >= 15 is 0 Å². The lowest BCUT2D eigenvalue weighted by Gasteiger charge is -2.11. The molecule has 0 heterocycles. The predicted octanol–water partition coefficient (Wildman–Crippen LogP) is 2.70. The fourth-order valence-electron chi connectivity index (χ4n) is 1.41. The first-order valence-corrected chi connectivity index (χ1v) is 5.20. The minimum Gasteiger partial charge on any atom is -0.388 e. The highest BCUT2D eigenvalue weighted by molar-refractivity contribution is 5.23. The van der Waals surface area contributed by atoms with Gasteiger partial charge >= 0.3 is 0 Å². The van der Waals surface area contributed by atoms with Crippen molar-refractivity contribution in [1.29, 1.82) is 0 Å². The van der Waals surface area contributed by atoms with Gasteiger partial charge in [0, 0.05) is 13.0 Å². The Morgan fingerprint density at radius 2 is 2.12 bits per heavy atom. The van der Waals surface area contributed by atoms with Gasteiger partial charge < -0.3 is 9.84 Å². The zero-order valence-corrected chi connectivity index (χ0v) is 9.20. The lowest BCUT2D eigenvalue weighted by atomic mass is 10.0. The molecule has 90 valence electrons. The van der Waals surface area contributed by atoms with Gasteiger partial charge in [0.1, 0.15) is 6.61 Å². The number of ether oxygens (including phenoxy) is 1. The number of alkyl halides is 2. The summed E-state index contributed by atoms with van der Waals surface area (Å²) >= 11 is 0. The maximum Gasteiger partial charge on any atom is 0.261 e. The van der Waals surface area contributed by atoms with Crippen molar-refractivity contribution in [2.75, 3.05) is 13.2 Å². The van der Waals surface area contributed by atoms with E-state index in [0.29, 0.717) is 6.42 Å². The fourth-order valence-corrected chi connectivity index (χ4v) is 1.41. The molecule has 4 heteroatoms. The Kier molecular flexibility index (Phi) is 5.35. The Balaban J connectivity index is 2.32. The van der Waals surface area contributed by atoms with Crippen molar-refractivity contribution < 1.29 is 18.6 Å². The smallest absolute Gasteiger partial charge is 0.261 e. The summed E-state index contributed by atoms with van der Waals surface area (Å²) in [6, 6.07) is 7.47. The molecule has 16 heavy (non-hydrogen) atoms. The second-order valence-corrected chi connectivity index (χ2v) is 3.68. The molecule has 1 aromatic rings. The molecular weight excluding hydrogens is 214 g/mol. The van der Waals surface area contributed by atoms with Gasteiger partial charge in [-0.1, -0.05) is 29.8 Å². The molecule has 0 fully saturated rings. The third kappa shape index (κ3) is 4.68. The molecule has 0 aliphatic carbocycles. The van der Waals surface area contributed by atoms with Gasteiger partial charge in [0.2, 0.25) is 0 Å². The van der Waals surface area contributed by atoms with Crippen LogP contribution in [0.3, 0.4) is 0 Å². The van der Waals surface area contributed by atoms with Crippen molar-refractivity contribution in [3.8, 4) is 0 Å². The van der Waals surface area contributed by atoms with Gasteiger partial charge in [-0.3, -0.25) is 0 Å². The van der Waals surface area contributed by atoms with Gasteiger partial charge in [-0.25, -0.2) is 8.78 Å². The molecule has 1 unspecified atom stereocenters. The molecular formula is C12H16F2O2. The number of hydrogen-bond acceptors (Lipinski definition) is 2. The third-order valence-corrected chi connectivity index (χ3v) is 2.21. The highest BCUT2D eigenvalue weighted by Gasteiger charge is 2.08. The number of rotatable bonds is 6. The molecule has 0 bridgehead atoms. The first kappa shape index (κ1) is 13.1. The molecule has 0 spiro atoms. The predicted molar refractivity (Wildman–Crippen MR) is 57.6 cm³/mol. The number of aliphatic hydroxyl groups is 1. The second kappa shape index (κ2) is 6.55. The van der Waals surface area contributed by atoms with Crippen molar-refractivity contribution >= 4 is 0 Å². The first-order chi connectivity index (χ1) is 7.59. The molecule has 0 saturated heterocycles. The molecule has 1 atom stereocenters. The SMILES string of the molecule is Cc1cccc(C(O)CCOCC(F)F)c1. The van der Waals surface area contributed by atoms with Crippen LogP contribution in [0.4, 0.5) is 8.78 Å². The maximum absolute atomic E-state index is 11.7. The molecule has 0 radical (unpaired) electrons. The number of aliphatic hydroxyl groups excluding tert-OH is 1. The Morgan fingerprint density at radius 1 is 1.38 bits per heavy atom. The number of hydrogen-bond donors (Lipinski definition) is 1. The van der Waals surface area contributed by atoms with E-state index in [9.17, 15) is 13.9 Å². The summed E-state index contributed by atoms with van der Waals surface area (Å²) in [4.78, 5) is 0. The lowest BCUT2D eigenvalue weighted by Crippen LogP contribution is -2.08. The minimum absolute atomic E-state index is 0.138. The largest absolute Gasteiger partial charge is 0.388 e. The van der Waals surface area contributed by atoms with Crippen molar-refractivity contribution in [3.05, 3.63) is 35.4 Å². The normalized spacial score (nSPS) is 13.1. The average molecular weight is 230 g/mol. The Labute approximate surface area is 93.9 Å². The first-order valence-electron chi connectivity index (χ1n) is 5.20. The van der Waals surface area contributed by atoms with Crippen LogP contribution in [0.2, 0.25) is 0 Å². The van der Waals surface area contributed by atoms with Gasteiger partial charge in [-0.15, -0.1) is 0 Å². The molecule has 0 aliphatic heterocycles. The maximum atomic E-state index is 11.7. The Hall–Kier alpha value is -1.00. The Bertz CT molecular complexity index is 316. The molecule has 0 amide bonds. The van der Waals surface area contributed by atoms with Gasteiger partial charge in [0.05, 0.1) is 6.10 Å². The summed E-state index contributed by atoms with van der Waals surface area (Å²) < 4.78 is 28.2. The van der Waals surface area contributed by atoms with Gasteiger partial charge in [-0.2, -0.15) is 0 Å². The second-order valence-electron chi connectivity index (χ2n) is 3.68. The molecule has 1 N–H and O–H groups in total. The quantitative estimate of drug-likeness (QED) is 0.761. The van der Waals surface area contributed by atoms with E-state index in [-0.39, 0.29) is 6.61 Å². The van der Waals surface area contributed by atoms with E-state index in [1.54, 1.807) is 0 Å². The molecule has 1 aromatic carbocycles. The number of aryl methyl sites for hydroxylation is 1. The molecule has 0 aromatic heterocycles. The van der Waals surface area contributed by atoms with Crippen LogP contribution in [-0.2, 0) is 4.74 Å². The molecule has 0 aliphatic rings. The highest BCUT2D eigenvalue weighted by Crippen LogP contribution is 2.17. The van der Waals surface area contributed by atoms with E-state index in [1.165, 1.54) is 0 Å². The van der Waals surface area contributed by atoms with Gasteiger partial charge in [0.15, 0.2) is 0 Å². The summed E-state index contributed by atoms with van der Waals surface area (Å²) in [6.45, 7) is 1.50. The minimum atomic E-state index is -2.45. The van der Waals surface area contributed by atoms with Crippen LogP contribution >= 0.6 is 0 Å². The molecule has 1 rings (SSSR count). The number of benzene rings is 1.